The predicted octanol–water partition coefficient (Wildman–Crippen LogP) is 2.26. The predicted molar refractivity (Wildman–Crippen MR) is 78.6 cm³/mol. The molecule has 0 radical (unpaired) electrons. The van der Waals surface area contributed by atoms with Crippen LogP contribution in [0.2, 0.25) is 0 Å². The summed E-state index contributed by atoms with van der Waals surface area (Å²) in [6.07, 6.45) is 0. The van der Waals surface area contributed by atoms with Gasteiger partial charge in [0.1, 0.15) is 5.82 Å². The first-order chi connectivity index (χ1) is 10.0. The van der Waals surface area contributed by atoms with Gasteiger partial charge in [-0.25, -0.2) is 4.98 Å². The number of nitrogens with zero attached hydrogens (tertiary/aromatic N) is 1. The molecule has 0 aliphatic carbocycles. The minimum absolute atomic E-state index is 0.137. The molecule has 0 atom stereocenters. The molecule has 21 heavy (non-hydrogen) atoms. The zero-order valence-corrected chi connectivity index (χ0v) is 11.8. The second kappa shape index (κ2) is 4.97. The number of pyridine rings is 1. The second-order valence-electron chi connectivity index (χ2n) is 4.92. The molecule has 0 fully saturated rings. The fourth-order valence-corrected chi connectivity index (χ4v) is 2.24. The zero-order chi connectivity index (χ0) is 15.0. The Balaban J connectivity index is 1.89. The van der Waals surface area contributed by atoms with Gasteiger partial charge in [-0.3, -0.25) is 4.79 Å². The number of carbonyl (C=O) groups excluding carboxylic acids is 1. The molecule has 1 aliphatic heterocycles. The van der Waals surface area contributed by atoms with Gasteiger partial charge in [0.15, 0.2) is 11.5 Å². The molecule has 0 saturated heterocycles. The van der Waals surface area contributed by atoms with Gasteiger partial charge in [0, 0.05) is 17.4 Å². The van der Waals surface area contributed by atoms with Gasteiger partial charge in [-0.1, -0.05) is 0 Å². The minimum Gasteiger partial charge on any atom is -0.454 e. The molecular weight excluding hydrogens is 270 g/mol. The summed E-state index contributed by atoms with van der Waals surface area (Å²) in [5.41, 5.74) is 8.42. The van der Waals surface area contributed by atoms with E-state index in [-0.39, 0.29) is 12.7 Å². The molecule has 6 heteroatoms. The van der Waals surface area contributed by atoms with E-state index in [1.165, 1.54) is 0 Å². The number of benzene rings is 1. The summed E-state index contributed by atoms with van der Waals surface area (Å²) in [5, 5.41) is 2.75. The highest BCUT2D eigenvalue weighted by Gasteiger charge is 2.20. The van der Waals surface area contributed by atoms with Crippen molar-refractivity contribution in [1.82, 2.24) is 4.98 Å². The maximum atomic E-state index is 12.3. The number of nitrogens with one attached hydrogen (secondary N) is 1. The van der Waals surface area contributed by atoms with Crippen molar-refractivity contribution in [2.45, 2.75) is 13.8 Å². The summed E-state index contributed by atoms with van der Waals surface area (Å²) in [5.74, 6) is 1.23. The number of fused-ring (bicyclic) bond motifs is 1. The van der Waals surface area contributed by atoms with Crippen LogP contribution in [0.15, 0.2) is 24.3 Å². The number of ether oxygens (including phenoxy) is 2. The summed E-state index contributed by atoms with van der Waals surface area (Å²) in [4.78, 5) is 16.6. The van der Waals surface area contributed by atoms with E-state index in [2.05, 4.69) is 10.3 Å². The number of hydrogen-bond donors (Lipinski definition) is 2. The first-order valence-electron chi connectivity index (χ1n) is 6.49. The van der Waals surface area contributed by atoms with Crippen LogP contribution in [0.4, 0.5) is 11.5 Å². The minimum atomic E-state index is -0.330. The fraction of sp³-hybridized carbons (Fsp3) is 0.200. The Kier molecular flexibility index (Phi) is 3.13. The zero-order valence-electron chi connectivity index (χ0n) is 11.8. The van der Waals surface area contributed by atoms with Crippen LogP contribution < -0.4 is 20.5 Å². The van der Waals surface area contributed by atoms with Crippen LogP contribution in [-0.2, 0) is 0 Å². The lowest BCUT2D eigenvalue weighted by Gasteiger charge is -2.09. The van der Waals surface area contributed by atoms with E-state index in [4.69, 9.17) is 15.2 Å². The molecule has 1 aromatic carbocycles. The van der Waals surface area contributed by atoms with Crippen LogP contribution in [0.1, 0.15) is 21.6 Å². The van der Waals surface area contributed by atoms with E-state index >= 15 is 0 Å². The Morgan fingerprint density at radius 3 is 2.62 bits per heavy atom. The Morgan fingerprint density at radius 1 is 1.19 bits per heavy atom. The van der Waals surface area contributed by atoms with E-state index < -0.39 is 0 Å². The third-order valence-corrected chi connectivity index (χ3v) is 3.13. The number of aromatic nitrogens is 1. The van der Waals surface area contributed by atoms with Crippen LogP contribution in [0, 0.1) is 13.8 Å². The highest BCUT2D eigenvalue weighted by molar-refractivity contribution is 6.08. The molecule has 108 valence electrons. The molecular formula is C15H15N3O3. The van der Waals surface area contributed by atoms with Gasteiger partial charge < -0.3 is 20.5 Å². The van der Waals surface area contributed by atoms with Crippen molar-refractivity contribution >= 4 is 17.4 Å². The molecule has 2 aromatic rings. The Labute approximate surface area is 121 Å². The molecule has 3 N–H and O–H groups in total. The smallest absolute Gasteiger partial charge is 0.259 e. The van der Waals surface area contributed by atoms with E-state index in [0.717, 1.165) is 11.3 Å². The number of nitrogens with two attached hydrogens (primary N) is 1. The molecule has 0 spiro atoms. The number of rotatable bonds is 2. The van der Waals surface area contributed by atoms with E-state index in [0.29, 0.717) is 28.6 Å². The van der Waals surface area contributed by atoms with Crippen LogP contribution in [0.25, 0.3) is 0 Å². The molecule has 0 bridgehead atoms. The average molecular weight is 285 g/mol. The number of amides is 1. The topological polar surface area (TPSA) is 86.5 Å². The van der Waals surface area contributed by atoms with Crippen molar-refractivity contribution in [1.29, 1.82) is 0 Å². The lowest BCUT2D eigenvalue weighted by molar-refractivity contribution is 0.102. The first-order valence-corrected chi connectivity index (χ1v) is 6.49. The summed E-state index contributed by atoms with van der Waals surface area (Å²) >= 11 is 0. The van der Waals surface area contributed by atoms with E-state index in [9.17, 15) is 4.79 Å². The number of carbonyl (C=O) groups is 1. The van der Waals surface area contributed by atoms with Crippen molar-refractivity contribution < 1.29 is 14.3 Å². The summed E-state index contributed by atoms with van der Waals surface area (Å²) in [7, 11) is 0. The van der Waals surface area contributed by atoms with Gasteiger partial charge in [-0.2, -0.15) is 0 Å². The molecule has 0 saturated carbocycles. The Hall–Kier alpha value is -2.76. The van der Waals surface area contributed by atoms with Crippen LogP contribution in [0.3, 0.4) is 0 Å². The van der Waals surface area contributed by atoms with Crippen LogP contribution in [0.5, 0.6) is 11.5 Å². The fourth-order valence-electron chi connectivity index (χ4n) is 2.24. The first kappa shape index (κ1) is 13.2. The number of nitrogen functional groups attached to an aromatic ring is 1. The SMILES string of the molecule is Cc1cc(C)nc(NC(=O)c2cc3c(cc2N)OCO3)c1. The van der Waals surface area contributed by atoms with E-state index in [1.807, 2.05) is 19.9 Å². The van der Waals surface area contributed by atoms with Gasteiger partial charge >= 0.3 is 0 Å². The monoisotopic (exact) mass is 285 g/mol. The van der Waals surface area contributed by atoms with Gasteiger partial charge in [-0.05, 0) is 37.6 Å². The molecule has 0 unspecified atom stereocenters. The Morgan fingerprint density at radius 2 is 1.90 bits per heavy atom. The maximum Gasteiger partial charge on any atom is 0.259 e. The van der Waals surface area contributed by atoms with Crippen molar-refractivity contribution in [3.8, 4) is 11.5 Å². The average Bonchev–Trinajstić information content (AvgIpc) is 2.83. The third kappa shape index (κ3) is 2.60. The summed E-state index contributed by atoms with van der Waals surface area (Å²) < 4.78 is 10.5. The normalized spacial score (nSPS) is 12.3. The van der Waals surface area contributed by atoms with Gasteiger partial charge in [-0.15, -0.1) is 0 Å². The van der Waals surface area contributed by atoms with Gasteiger partial charge in [0.05, 0.1) is 5.56 Å². The molecule has 2 heterocycles. The van der Waals surface area contributed by atoms with Gasteiger partial charge in [0.2, 0.25) is 6.79 Å². The summed E-state index contributed by atoms with van der Waals surface area (Å²) in [6, 6.07) is 6.90. The molecule has 1 amide bonds. The second-order valence-corrected chi connectivity index (χ2v) is 4.92. The highest BCUT2D eigenvalue weighted by Crippen LogP contribution is 2.36. The van der Waals surface area contributed by atoms with Crippen molar-refractivity contribution in [3.63, 3.8) is 0 Å². The van der Waals surface area contributed by atoms with E-state index in [1.54, 1.807) is 18.2 Å². The standard InChI is InChI=1S/C15H15N3O3/c1-8-3-9(2)17-14(4-8)18-15(19)10-5-12-13(6-11(10)16)21-7-20-12/h3-6H,7,16H2,1-2H3,(H,17,18,19). The summed E-state index contributed by atoms with van der Waals surface area (Å²) in [6.45, 7) is 3.95. The Bertz CT molecular complexity index is 708. The molecule has 3 rings (SSSR count). The van der Waals surface area contributed by atoms with Gasteiger partial charge in [0.25, 0.3) is 5.91 Å². The largest absolute Gasteiger partial charge is 0.454 e. The number of anilines is 2. The lowest BCUT2D eigenvalue weighted by Crippen LogP contribution is -2.15. The van der Waals surface area contributed by atoms with Crippen molar-refractivity contribution in [2.24, 2.45) is 0 Å². The lowest BCUT2D eigenvalue weighted by atomic mass is 10.1. The number of hydrogen-bond acceptors (Lipinski definition) is 5. The number of aryl methyl sites for hydroxylation is 2. The van der Waals surface area contributed by atoms with Crippen molar-refractivity contribution in [2.75, 3.05) is 17.8 Å². The quantitative estimate of drug-likeness (QED) is 0.826. The maximum absolute atomic E-state index is 12.3. The highest BCUT2D eigenvalue weighted by atomic mass is 16.7. The molecule has 6 nitrogen and oxygen atoms in total. The molecule has 1 aliphatic rings. The van der Waals surface area contributed by atoms with Crippen LogP contribution in [-0.4, -0.2) is 17.7 Å². The molecule has 1 aromatic heterocycles. The van der Waals surface area contributed by atoms with Crippen LogP contribution >= 0.6 is 0 Å². The van der Waals surface area contributed by atoms with Crippen molar-refractivity contribution in [3.05, 3.63) is 41.1 Å². The third-order valence-electron chi connectivity index (χ3n) is 3.13.